The second kappa shape index (κ2) is 5.65. The Morgan fingerprint density at radius 2 is 1.91 bits per heavy atom. The molecule has 0 aliphatic carbocycles. The number of ether oxygens (including phenoxy) is 2. The second-order valence-corrected chi connectivity index (χ2v) is 4.52. The number of amides is 1. The van der Waals surface area contributed by atoms with Crippen molar-refractivity contribution in [2.24, 2.45) is 5.10 Å². The summed E-state index contributed by atoms with van der Waals surface area (Å²) >= 11 is 0. The minimum Gasteiger partial charge on any atom is -0.504 e. The summed E-state index contributed by atoms with van der Waals surface area (Å²) in [7, 11) is 0. The van der Waals surface area contributed by atoms with Gasteiger partial charge in [-0.15, -0.1) is 0 Å². The molecular formula is C15H12N2O5. The lowest BCUT2D eigenvalue weighted by Crippen LogP contribution is -2.17. The van der Waals surface area contributed by atoms with Crippen molar-refractivity contribution in [2.75, 3.05) is 6.79 Å². The van der Waals surface area contributed by atoms with Crippen LogP contribution in [0.5, 0.6) is 23.0 Å². The molecule has 7 heteroatoms. The highest BCUT2D eigenvalue weighted by atomic mass is 16.7. The van der Waals surface area contributed by atoms with Crippen LogP contribution < -0.4 is 14.9 Å². The maximum Gasteiger partial charge on any atom is 0.271 e. The number of carbonyl (C=O) groups excluding carboxylic acids is 1. The van der Waals surface area contributed by atoms with E-state index in [2.05, 4.69) is 10.5 Å². The lowest BCUT2D eigenvalue weighted by molar-refractivity contribution is 0.0954. The predicted molar refractivity (Wildman–Crippen MR) is 77.4 cm³/mol. The lowest BCUT2D eigenvalue weighted by atomic mass is 10.2. The van der Waals surface area contributed by atoms with Gasteiger partial charge < -0.3 is 19.7 Å². The maximum absolute atomic E-state index is 11.9. The monoisotopic (exact) mass is 300 g/mol. The Morgan fingerprint density at radius 3 is 2.73 bits per heavy atom. The molecule has 1 aliphatic rings. The van der Waals surface area contributed by atoms with Crippen molar-refractivity contribution in [3.8, 4) is 23.0 Å². The molecule has 1 heterocycles. The van der Waals surface area contributed by atoms with E-state index in [9.17, 15) is 15.0 Å². The largest absolute Gasteiger partial charge is 0.504 e. The first-order chi connectivity index (χ1) is 10.6. The zero-order chi connectivity index (χ0) is 15.5. The molecule has 22 heavy (non-hydrogen) atoms. The molecule has 2 aromatic rings. The van der Waals surface area contributed by atoms with Crippen molar-refractivity contribution in [3.05, 3.63) is 47.5 Å². The van der Waals surface area contributed by atoms with Gasteiger partial charge >= 0.3 is 0 Å². The number of fused-ring (bicyclic) bond motifs is 1. The Hall–Kier alpha value is -3.22. The fraction of sp³-hybridized carbons (Fsp3) is 0.0667. The van der Waals surface area contributed by atoms with Crippen LogP contribution in [0.15, 0.2) is 41.5 Å². The van der Waals surface area contributed by atoms with E-state index < -0.39 is 5.91 Å². The Balaban J connectivity index is 1.66. The van der Waals surface area contributed by atoms with Crippen LogP contribution in [0.4, 0.5) is 0 Å². The van der Waals surface area contributed by atoms with E-state index in [1.807, 2.05) is 0 Å². The summed E-state index contributed by atoms with van der Waals surface area (Å²) in [5, 5.41) is 22.3. The third-order valence-corrected chi connectivity index (χ3v) is 3.01. The number of benzene rings is 2. The minimum atomic E-state index is -0.405. The van der Waals surface area contributed by atoms with Gasteiger partial charge in [0, 0.05) is 5.56 Å². The maximum atomic E-state index is 11.9. The first-order valence-electron chi connectivity index (χ1n) is 6.38. The number of nitrogens with zero attached hydrogens (tertiary/aromatic N) is 1. The van der Waals surface area contributed by atoms with Crippen molar-refractivity contribution < 1.29 is 24.5 Å². The molecule has 0 unspecified atom stereocenters. The van der Waals surface area contributed by atoms with E-state index in [0.29, 0.717) is 22.6 Å². The summed E-state index contributed by atoms with van der Waals surface area (Å²) in [6, 6.07) is 9.02. The van der Waals surface area contributed by atoms with Gasteiger partial charge in [0.2, 0.25) is 6.79 Å². The van der Waals surface area contributed by atoms with E-state index in [1.165, 1.54) is 18.3 Å². The number of rotatable bonds is 3. The van der Waals surface area contributed by atoms with Gasteiger partial charge in [-0.05, 0) is 42.0 Å². The average molecular weight is 300 g/mol. The first-order valence-corrected chi connectivity index (χ1v) is 6.38. The molecule has 1 amide bonds. The van der Waals surface area contributed by atoms with Crippen molar-refractivity contribution in [2.45, 2.75) is 0 Å². The van der Waals surface area contributed by atoms with Crippen LogP contribution in [-0.4, -0.2) is 29.1 Å². The van der Waals surface area contributed by atoms with Crippen molar-refractivity contribution in [1.29, 1.82) is 0 Å². The molecule has 3 N–H and O–H groups in total. The molecule has 1 aliphatic heterocycles. The zero-order valence-electron chi connectivity index (χ0n) is 11.3. The summed E-state index contributed by atoms with van der Waals surface area (Å²) in [5.74, 6) is 0.227. The van der Waals surface area contributed by atoms with E-state index >= 15 is 0 Å². The summed E-state index contributed by atoms with van der Waals surface area (Å²) in [5.41, 5.74) is 3.28. The number of hydrazone groups is 1. The van der Waals surface area contributed by atoms with Gasteiger partial charge in [0.05, 0.1) is 6.21 Å². The summed E-state index contributed by atoms with van der Waals surface area (Å²) < 4.78 is 10.4. The highest BCUT2D eigenvalue weighted by Gasteiger charge is 2.15. The fourth-order valence-electron chi connectivity index (χ4n) is 1.89. The van der Waals surface area contributed by atoms with Gasteiger partial charge in [0.25, 0.3) is 5.91 Å². The topological polar surface area (TPSA) is 100 Å². The molecule has 0 aromatic heterocycles. The lowest BCUT2D eigenvalue weighted by Gasteiger charge is -2.02. The first kappa shape index (κ1) is 13.7. The van der Waals surface area contributed by atoms with E-state index in [0.717, 1.165) is 0 Å². The molecule has 0 radical (unpaired) electrons. The smallest absolute Gasteiger partial charge is 0.271 e. The number of carbonyl (C=O) groups is 1. The van der Waals surface area contributed by atoms with Crippen molar-refractivity contribution in [3.63, 3.8) is 0 Å². The van der Waals surface area contributed by atoms with E-state index in [4.69, 9.17) is 9.47 Å². The Kier molecular flexibility index (Phi) is 3.53. The van der Waals surface area contributed by atoms with Crippen LogP contribution in [0, 0.1) is 0 Å². The molecule has 3 rings (SSSR count). The molecule has 0 atom stereocenters. The van der Waals surface area contributed by atoms with Gasteiger partial charge in [0.1, 0.15) is 0 Å². The van der Waals surface area contributed by atoms with Crippen molar-refractivity contribution in [1.82, 2.24) is 5.43 Å². The Bertz CT molecular complexity index is 758. The van der Waals surface area contributed by atoms with Crippen molar-refractivity contribution >= 4 is 12.1 Å². The van der Waals surface area contributed by atoms with Gasteiger partial charge in [-0.1, -0.05) is 0 Å². The van der Waals surface area contributed by atoms with E-state index in [-0.39, 0.29) is 18.3 Å². The second-order valence-electron chi connectivity index (χ2n) is 4.52. The predicted octanol–water partition coefficient (Wildman–Crippen LogP) is 1.59. The molecule has 112 valence electrons. The van der Waals surface area contributed by atoms with Gasteiger partial charge in [-0.25, -0.2) is 5.43 Å². The third-order valence-electron chi connectivity index (χ3n) is 3.01. The summed E-state index contributed by atoms with van der Waals surface area (Å²) in [6.07, 6.45) is 1.35. The van der Waals surface area contributed by atoms with Gasteiger partial charge in [0.15, 0.2) is 23.0 Å². The van der Waals surface area contributed by atoms with Crippen LogP contribution in [-0.2, 0) is 0 Å². The highest BCUT2D eigenvalue weighted by molar-refractivity contribution is 5.95. The fourth-order valence-corrected chi connectivity index (χ4v) is 1.89. The normalized spacial score (nSPS) is 12.5. The highest BCUT2D eigenvalue weighted by Crippen LogP contribution is 2.32. The molecule has 0 bridgehead atoms. The van der Waals surface area contributed by atoms with Crippen LogP contribution in [0.3, 0.4) is 0 Å². The average Bonchev–Trinajstić information content (AvgIpc) is 2.98. The molecule has 0 fully saturated rings. The standard InChI is InChI=1S/C15H12N2O5/c18-11-3-1-9(5-12(11)19)7-16-17-15(20)10-2-4-13-14(6-10)22-8-21-13/h1-7,18-19H,8H2,(H,17,20)/b16-7-. The third kappa shape index (κ3) is 2.78. The zero-order valence-corrected chi connectivity index (χ0v) is 11.3. The number of phenols is 2. The number of nitrogens with one attached hydrogen (secondary N) is 1. The minimum absolute atomic E-state index is 0.142. The Labute approximate surface area is 125 Å². The summed E-state index contributed by atoms with van der Waals surface area (Å²) in [4.78, 5) is 11.9. The number of hydrogen-bond acceptors (Lipinski definition) is 6. The van der Waals surface area contributed by atoms with Gasteiger partial charge in [-0.2, -0.15) is 5.10 Å². The number of phenolic OH excluding ortho intramolecular Hbond substituents is 2. The molecule has 0 spiro atoms. The molecule has 0 saturated heterocycles. The molecular weight excluding hydrogens is 288 g/mol. The SMILES string of the molecule is O=C(N/N=C\c1ccc(O)c(O)c1)c1ccc2c(c1)OCO2. The molecule has 2 aromatic carbocycles. The van der Waals surface area contributed by atoms with E-state index in [1.54, 1.807) is 24.3 Å². The number of aromatic hydroxyl groups is 2. The van der Waals surface area contributed by atoms with Crippen LogP contribution >= 0.6 is 0 Å². The number of hydrogen-bond donors (Lipinski definition) is 3. The van der Waals surface area contributed by atoms with Crippen LogP contribution in [0.1, 0.15) is 15.9 Å². The van der Waals surface area contributed by atoms with Crippen LogP contribution in [0.25, 0.3) is 0 Å². The van der Waals surface area contributed by atoms with Gasteiger partial charge in [-0.3, -0.25) is 4.79 Å². The quantitative estimate of drug-likeness (QED) is 0.454. The molecule has 7 nitrogen and oxygen atoms in total. The summed E-state index contributed by atoms with van der Waals surface area (Å²) in [6.45, 7) is 0.142. The molecule has 0 saturated carbocycles. The Morgan fingerprint density at radius 1 is 1.09 bits per heavy atom. The van der Waals surface area contributed by atoms with Crippen LogP contribution in [0.2, 0.25) is 0 Å².